The van der Waals surface area contributed by atoms with Gasteiger partial charge in [-0.2, -0.15) is 8.78 Å². The molecule has 2 rings (SSSR count). The Morgan fingerprint density at radius 1 is 1.26 bits per heavy atom. The molecular weight excluding hydrogens is 304 g/mol. The number of halogens is 2. The average Bonchev–Trinajstić information content (AvgIpc) is 2.53. The number of hydrogen-bond donors (Lipinski definition) is 1. The van der Waals surface area contributed by atoms with Crippen molar-refractivity contribution < 1.29 is 18.3 Å². The molecule has 1 aromatic carbocycles. The molecule has 0 radical (unpaired) electrons. The van der Waals surface area contributed by atoms with Crippen LogP contribution in [0.1, 0.15) is 30.8 Å². The number of ether oxygens (including phenoxy) is 1. The van der Waals surface area contributed by atoms with Gasteiger partial charge in [-0.05, 0) is 37.1 Å². The molecule has 1 unspecified atom stereocenters. The molecule has 0 saturated heterocycles. The van der Waals surface area contributed by atoms with Crippen LogP contribution < -0.4 is 10.1 Å². The zero-order valence-electron chi connectivity index (χ0n) is 12.6. The summed E-state index contributed by atoms with van der Waals surface area (Å²) in [6.07, 6.45) is 3.88. The number of hydrogen-bond acceptors (Lipinski definition) is 4. The molecule has 0 saturated carbocycles. The van der Waals surface area contributed by atoms with Crippen molar-refractivity contribution in [2.24, 2.45) is 0 Å². The maximum absolute atomic E-state index is 12.2. The topological polar surface area (TPSA) is 64.1 Å². The third-order valence-corrected chi connectivity index (χ3v) is 3.11. The fraction of sp³-hybridized carbons (Fsp3) is 0.312. The van der Waals surface area contributed by atoms with Crippen molar-refractivity contribution in [3.8, 4) is 5.75 Å². The Morgan fingerprint density at radius 3 is 2.70 bits per heavy atom. The summed E-state index contributed by atoms with van der Waals surface area (Å²) in [6.45, 7) is -1.06. The van der Waals surface area contributed by atoms with Crippen LogP contribution in [-0.4, -0.2) is 22.5 Å². The first-order valence-electron chi connectivity index (χ1n) is 7.14. The lowest BCUT2D eigenvalue weighted by molar-refractivity contribution is -0.121. The van der Waals surface area contributed by atoms with Gasteiger partial charge in [0.1, 0.15) is 11.6 Å². The lowest BCUT2D eigenvalue weighted by Gasteiger charge is -2.12. The van der Waals surface area contributed by atoms with Gasteiger partial charge in [0.05, 0.1) is 6.04 Å². The van der Waals surface area contributed by atoms with E-state index in [2.05, 4.69) is 20.0 Å². The van der Waals surface area contributed by atoms with Crippen LogP contribution in [0.2, 0.25) is 0 Å². The van der Waals surface area contributed by atoms with E-state index in [4.69, 9.17) is 0 Å². The Hall–Kier alpha value is -2.57. The largest absolute Gasteiger partial charge is 0.435 e. The van der Waals surface area contributed by atoms with Crippen molar-refractivity contribution in [3.63, 3.8) is 0 Å². The monoisotopic (exact) mass is 321 g/mol. The smallest absolute Gasteiger partial charge is 0.387 e. The van der Waals surface area contributed by atoms with E-state index in [-0.39, 0.29) is 24.1 Å². The fourth-order valence-electron chi connectivity index (χ4n) is 2.05. The van der Waals surface area contributed by atoms with Crippen molar-refractivity contribution >= 4 is 5.91 Å². The van der Waals surface area contributed by atoms with Crippen molar-refractivity contribution in [1.29, 1.82) is 0 Å². The van der Waals surface area contributed by atoms with E-state index in [0.717, 1.165) is 5.56 Å². The van der Waals surface area contributed by atoms with E-state index in [1.54, 1.807) is 37.5 Å². The molecule has 5 nitrogen and oxygen atoms in total. The predicted octanol–water partition coefficient (Wildman–Crippen LogP) is 2.89. The zero-order valence-corrected chi connectivity index (χ0v) is 12.6. The maximum atomic E-state index is 12.2. The molecule has 0 fully saturated rings. The minimum absolute atomic E-state index is 0.0870. The molecule has 0 aliphatic carbocycles. The molecule has 7 heteroatoms. The third-order valence-electron chi connectivity index (χ3n) is 3.11. The summed E-state index contributed by atoms with van der Waals surface area (Å²) in [5.74, 6) is 0.460. The van der Waals surface area contributed by atoms with Gasteiger partial charge in [-0.1, -0.05) is 12.1 Å². The number of nitrogens with one attached hydrogen (secondary N) is 1. The van der Waals surface area contributed by atoms with Gasteiger partial charge in [-0.3, -0.25) is 4.79 Å². The second-order valence-corrected chi connectivity index (χ2v) is 4.92. The lowest BCUT2D eigenvalue weighted by Crippen LogP contribution is -2.28. The number of aryl methyl sites for hydroxylation is 1. The molecule has 1 N–H and O–H groups in total. The van der Waals surface area contributed by atoms with E-state index in [1.807, 2.05) is 0 Å². The minimum atomic E-state index is -2.86. The second kappa shape index (κ2) is 8.17. The summed E-state index contributed by atoms with van der Waals surface area (Å²) in [7, 11) is 0. The summed E-state index contributed by atoms with van der Waals surface area (Å²) in [5, 5.41) is 2.80. The molecule has 23 heavy (non-hydrogen) atoms. The Labute approximate surface area is 132 Å². The zero-order chi connectivity index (χ0) is 16.7. The first kappa shape index (κ1) is 16.8. The van der Waals surface area contributed by atoms with Gasteiger partial charge in [0.25, 0.3) is 0 Å². The highest BCUT2D eigenvalue weighted by Crippen LogP contribution is 2.17. The van der Waals surface area contributed by atoms with Gasteiger partial charge >= 0.3 is 6.61 Å². The van der Waals surface area contributed by atoms with Gasteiger partial charge < -0.3 is 10.1 Å². The standard InChI is InChI=1S/C16H17F2N3O2/c1-11(15-19-8-3-9-20-15)21-14(22)7-6-12-4-2-5-13(10-12)23-16(17)18/h2-5,8-11,16H,6-7H2,1H3,(H,21,22). The number of aromatic nitrogens is 2. The average molecular weight is 321 g/mol. The fourth-order valence-corrected chi connectivity index (χ4v) is 2.05. The van der Waals surface area contributed by atoms with E-state index in [9.17, 15) is 13.6 Å². The number of nitrogens with zero attached hydrogens (tertiary/aromatic N) is 2. The third kappa shape index (κ3) is 5.61. The van der Waals surface area contributed by atoms with E-state index in [1.165, 1.54) is 12.1 Å². The Bertz CT molecular complexity index is 638. The lowest BCUT2D eigenvalue weighted by atomic mass is 10.1. The van der Waals surface area contributed by atoms with Crippen LogP contribution in [0.15, 0.2) is 42.7 Å². The molecule has 122 valence electrons. The molecule has 0 spiro atoms. The summed E-state index contributed by atoms with van der Waals surface area (Å²) in [5.41, 5.74) is 0.752. The predicted molar refractivity (Wildman–Crippen MR) is 80.0 cm³/mol. The SMILES string of the molecule is CC(NC(=O)CCc1cccc(OC(F)F)c1)c1ncccn1. The van der Waals surface area contributed by atoms with Crippen molar-refractivity contribution in [2.45, 2.75) is 32.4 Å². The van der Waals surface area contributed by atoms with Gasteiger partial charge in [0, 0.05) is 18.8 Å². The van der Waals surface area contributed by atoms with E-state index in [0.29, 0.717) is 12.2 Å². The molecule has 0 aliphatic rings. The van der Waals surface area contributed by atoms with Gasteiger partial charge in [0.2, 0.25) is 5.91 Å². The molecule has 1 aromatic heterocycles. The van der Waals surface area contributed by atoms with Crippen LogP contribution in [0.4, 0.5) is 8.78 Å². The van der Waals surface area contributed by atoms with Crippen LogP contribution in [-0.2, 0) is 11.2 Å². The van der Waals surface area contributed by atoms with Crippen LogP contribution in [0.5, 0.6) is 5.75 Å². The first-order valence-corrected chi connectivity index (χ1v) is 7.14. The second-order valence-electron chi connectivity index (χ2n) is 4.92. The normalized spacial score (nSPS) is 12.0. The highest BCUT2D eigenvalue weighted by Gasteiger charge is 2.12. The van der Waals surface area contributed by atoms with Crippen LogP contribution in [0, 0.1) is 0 Å². The van der Waals surface area contributed by atoms with Crippen molar-refractivity contribution in [2.75, 3.05) is 0 Å². The molecular formula is C16H17F2N3O2. The van der Waals surface area contributed by atoms with Crippen molar-refractivity contribution in [3.05, 3.63) is 54.1 Å². The Kier molecular flexibility index (Phi) is 5.96. The Morgan fingerprint density at radius 2 is 2.00 bits per heavy atom. The Balaban J connectivity index is 1.84. The summed E-state index contributed by atoms with van der Waals surface area (Å²) in [6, 6.07) is 7.73. The molecule has 1 heterocycles. The molecule has 2 aromatic rings. The number of rotatable bonds is 7. The number of carbonyl (C=O) groups is 1. The first-order chi connectivity index (χ1) is 11.0. The summed E-state index contributed by atoms with van der Waals surface area (Å²) < 4.78 is 28.7. The maximum Gasteiger partial charge on any atom is 0.387 e. The van der Waals surface area contributed by atoms with Crippen LogP contribution in [0.3, 0.4) is 0 Å². The van der Waals surface area contributed by atoms with Gasteiger partial charge in [-0.25, -0.2) is 9.97 Å². The van der Waals surface area contributed by atoms with Crippen LogP contribution in [0.25, 0.3) is 0 Å². The molecule has 0 aliphatic heterocycles. The highest BCUT2D eigenvalue weighted by molar-refractivity contribution is 5.76. The van der Waals surface area contributed by atoms with E-state index < -0.39 is 6.61 Å². The van der Waals surface area contributed by atoms with E-state index >= 15 is 0 Å². The molecule has 1 amide bonds. The summed E-state index contributed by atoms with van der Waals surface area (Å²) >= 11 is 0. The molecule has 1 atom stereocenters. The van der Waals surface area contributed by atoms with Gasteiger partial charge in [-0.15, -0.1) is 0 Å². The van der Waals surface area contributed by atoms with Crippen molar-refractivity contribution in [1.82, 2.24) is 15.3 Å². The number of benzene rings is 1. The van der Waals surface area contributed by atoms with Gasteiger partial charge in [0.15, 0.2) is 0 Å². The quantitative estimate of drug-likeness (QED) is 0.851. The van der Waals surface area contributed by atoms with Crippen LogP contribution >= 0.6 is 0 Å². The number of carbonyl (C=O) groups excluding carboxylic acids is 1. The minimum Gasteiger partial charge on any atom is -0.435 e. The summed E-state index contributed by atoms with van der Waals surface area (Å²) in [4.78, 5) is 20.1. The molecule has 0 bridgehead atoms. The number of amides is 1. The number of alkyl halides is 2. The highest BCUT2D eigenvalue weighted by atomic mass is 19.3.